The molecule has 1 aromatic carbocycles. The van der Waals surface area contributed by atoms with Gasteiger partial charge in [-0.05, 0) is 45.4 Å². The third-order valence-electron chi connectivity index (χ3n) is 2.99. The molecule has 0 atom stereocenters. The van der Waals surface area contributed by atoms with Crippen LogP contribution >= 0.6 is 0 Å². The molecule has 1 aliphatic heterocycles. The average Bonchev–Trinajstić information content (AvgIpc) is 2.25. The van der Waals surface area contributed by atoms with Gasteiger partial charge in [-0.1, -0.05) is 0 Å². The van der Waals surface area contributed by atoms with Gasteiger partial charge in [0.2, 0.25) is 0 Å². The van der Waals surface area contributed by atoms with Crippen LogP contribution in [0.25, 0.3) is 0 Å². The molecule has 0 fully saturated rings. The lowest BCUT2D eigenvalue weighted by molar-refractivity contribution is 0.0696. The summed E-state index contributed by atoms with van der Waals surface area (Å²) in [7, 11) is 0. The van der Waals surface area contributed by atoms with Gasteiger partial charge in [-0.25, -0.2) is 4.39 Å². The van der Waals surface area contributed by atoms with Gasteiger partial charge in [0.05, 0.1) is 5.60 Å². The van der Waals surface area contributed by atoms with Crippen molar-refractivity contribution in [3.8, 4) is 11.5 Å². The first kappa shape index (κ1) is 13.1. The van der Waals surface area contributed by atoms with Gasteiger partial charge >= 0.3 is 0 Å². The molecule has 100 valence electrons. The minimum Gasteiger partial charge on any atom is -0.486 e. The Balaban J connectivity index is 2.63. The van der Waals surface area contributed by atoms with Gasteiger partial charge in [0.25, 0.3) is 0 Å². The van der Waals surface area contributed by atoms with Crippen molar-refractivity contribution in [2.24, 2.45) is 0 Å². The third-order valence-corrected chi connectivity index (χ3v) is 2.99. The van der Waals surface area contributed by atoms with Gasteiger partial charge < -0.3 is 14.6 Å². The van der Waals surface area contributed by atoms with Crippen LogP contribution in [0.2, 0.25) is 0 Å². The van der Waals surface area contributed by atoms with E-state index in [-0.39, 0.29) is 0 Å². The van der Waals surface area contributed by atoms with Crippen molar-refractivity contribution in [3.05, 3.63) is 23.3 Å². The summed E-state index contributed by atoms with van der Waals surface area (Å²) in [5.74, 6) is 1.02. The second-order valence-electron chi connectivity index (χ2n) is 5.58. The maximum absolute atomic E-state index is 14.1. The molecule has 1 N–H and O–H groups in total. The van der Waals surface area contributed by atoms with Crippen LogP contribution in [0.15, 0.2) is 12.1 Å². The minimum atomic E-state index is -1.49. The third kappa shape index (κ3) is 2.43. The molecular weight excluding hydrogens is 235 g/mol. The van der Waals surface area contributed by atoms with E-state index < -0.39 is 11.3 Å². The highest BCUT2D eigenvalue weighted by atomic mass is 19.1. The summed E-state index contributed by atoms with van der Waals surface area (Å²) in [5.41, 5.74) is -1.56. The van der Waals surface area contributed by atoms with Crippen LogP contribution in [0.4, 0.5) is 4.39 Å². The summed E-state index contributed by atoms with van der Waals surface area (Å²) in [4.78, 5) is 0. The van der Waals surface area contributed by atoms with Crippen LogP contribution in [-0.2, 0) is 11.3 Å². The Bertz CT molecular complexity index is 455. The molecule has 0 aliphatic carbocycles. The molecule has 0 bridgehead atoms. The van der Waals surface area contributed by atoms with E-state index in [0.717, 1.165) is 0 Å². The molecule has 0 saturated carbocycles. The number of halogens is 1. The van der Waals surface area contributed by atoms with Crippen molar-refractivity contribution in [2.45, 2.75) is 39.0 Å². The summed E-state index contributed by atoms with van der Waals surface area (Å²) in [6.45, 7) is 7.13. The van der Waals surface area contributed by atoms with E-state index in [9.17, 15) is 9.50 Å². The maximum Gasteiger partial charge on any atom is 0.167 e. The van der Waals surface area contributed by atoms with Gasteiger partial charge in [-0.2, -0.15) is 0 Å². The Hall–Kier alpha value is -1.29. The zero-order chi connectivity index (χ0) is 13.6. The summed E-state index contributed by atoms with van der Waals surface area (Å²) in [5, 5.41) is 10.2. The molecule has 2 rings (SSSR count). The molecule has 0 spiro atoms. The van der Waals surface area contributed by atoms with Crippen LogP contribution in [0.1, 0.15) is 38.8 Å². The van der Waals surface area contributed by atoms with Gasteiger partial charge in [-0.15, -0.1) is 0 Å². The normalized spacial score (nSPS) is 15.7. The van der Waals surface area contributed by atoms with E-state index >= 15 is 0 Å². The molecular formula is C14H19FO3. The lowest BCUT2D eigenvalue weighted by Crippen LogP contribution is -2.24. The largest absolute Gasteiger partial charge is 0.486 e. The van der Waals surface area contributed by atoms with Gasteiger partial charge in [0, 0.05) is 5.56 Å². The molecule has 0 radical (unpaired) electrons. The Morgan fingerprint density at radius 1 is 1.11 bits per heavy atom. The van der Waals surface area contributed by atoms with Gasteiger partial charge in [0.1, 0.15) is 18.9 Å². The quantitative estimate of drug-likeness (QED) is 0.882. The summed E-state index contributed by atoms with van der Waals surface area (Å²) in [6.07, 6.45) is 0. The van der Waals surface area contributed by atoms with Gasteiger partial charge in [-0.3, -0.25) is 0 Å². The van der Waals surface area contributed by atoms with Crippen molar-refractivity contribution in [1.29, 1.82) is 0 Å². The standard InChI is InChI=1S/C14H19FO3/c1-13(2,15)9-7-10(14(3,4)16)12-11(8-9)17-5-6-18-12/h7-8,16H,5-6H2,1-4H3. The molecule has 3 nitrogen and oxygen atoms in total. The molecule has 0 unspecified atom stereocenters. The molecule has 1 aliphatic rings. The number of ether oxygens (including phenoxy) is 2. The highest BCUT2D eigenvalue weighted by molar-refractivity contribution is 5.53. The first-order valence-electron chi connectivity index (χ1n) is 6.05. The van der Waals surface area contributed by atoms with E-state index in [4.69, 9.17) is 9.47 Å². The van der Waals surface area contributed by atoms with E-state index in [1.54, 1.807) is 26.0 Å². The number of aliphatic hydroxyl groups is 1. The predicted octanol–water partition coefficient (Wildman–Crippen LogP) is 2.89. The predicted molar refractivity (Wildman–Crippen MR) is 66.8 cm³/mol. The van der Waals surface area contributed by atoms with Crippen LogP contribution in [0.3, 0.4) is 0 Å². The zero-order valence-electron chi connectivity index (χ0n) is 11.2. The number of fused-ring (bicyclic) bond motifs is 1. The first-order chi connectivity index (χ1) is 8.19. The highest BCUT2D eigenvalue weighted by Gasteiger charge is 2.30. The number of rotatable bonds is 2. The van der Waals surface area contributed by atoms with Crippen molar-refractivity contribution in [3.63, 3.8) is 0 Å². The van der Waals surface area contributed by atoms with E-state index in [0.29, 0.717) is 35.8 Å². The maximum atomic E-state index is 14.1. The van der Waals surface area contributed by atoms with Crippen LogP contribution < -0.4 is 9.47 Å². The summed E-state index contributed by atoms with van der Waals surface area (Å²) in [6, 6.07) is 3.29. The number of benzene rings is 1. The van der Waals surface area contributed by atoms with E-state index in [1.165, 1.54) is 13.8 Å². The molecule has 4 heteroatoms. The number of hydrogen-bond donors (Lipinski definition) is 1. The Labute approximate surface area is 107 Å². The Morgan fingerprint density at radius 2 is 1.72 bits per heavy atom. The minimum absolute atomic E-state index is 0.439. The molecule has 0 saturated heterocycles. The summed E-state index contributed by atoms with van der Waals surface area (Å²) >= 11 is 0. The highest BCUT2D eigenvalue weighted by Crippen LogP contribution is 2.43. The summed E-state index contributed by atoms with van der Waals surface area (Å²) < 4.78 is 25.1. The van der Waals surface area contributed by atoms with Crippen molar-refractivity contribution in [1.82, 2.24) is 0 Å². The van der Waals surface area contributed by atoms with Crippen molar-refractivity contribution < 1.29 is 19.0 Å². The monoisotopic (exact) mass is 254 g/mol. The second kappa shape index (κ2) is 4.12. The van der Waals surface area contributed by atoms with Gasteiger partial charge in [0.15, 0.2) is 11.5 Å². The molecule has 18 heavy (non-hydrogen) atoms. The smallest absolute Gasteiger partial charge is 0.167 e. The van der Waals surface area contributed by atoms with Crippen LogP contribution in [-0.4, -0.2) is 18.3 Å². The van der Waals surface area contributed by atoms with Crippen LogP contribution in [0, 0.1) is 0 Å². The first-order valence-corrected chi connectivity index (χ1v) is 6.05. The fourth-order valence-electron chi connectivity index (χ4n) is 1.95. The molecule has 1 aromatic rings. The number of hydrogen-bond acceptors (Lipinski definition) is 3. The lowest BCUT2D eigenvalue weighted by atomic mass is 9.90. The molecule has 0 aromatic heterocycles. The van der Waals surface area contributed by atoms with E-state index in [1.807, 2.05) is 0 Å². The topological polar surface area (TPSA) is 38.7 Å². The fraction of sp³-hybridized carbons (Fsp3) is 0.571. The number of alkyl halides is 1. The SMILES string of the molecule is CC(C)(O)c1cc(C(C)(C)F)cc2c1OCCO2. The second-order valence-corrected chi connectivity index (χ2v) is 5.58. The van der Waals surface area contributed by atoms with Crippen molar-refractivity contribution in [2.75, 3.05) is 13.2 Å². The van der Waals surface area contributed by atoms with Crippen LogP contribution in [0.5, 0.6) is 11.5 Å². The van der Waals surface area contributed by atoms with E-state index in [2.05, 4.69) is 0 Å². The Morgan fingerprint density at radius 3 is 2.28 bits per heavy atom. The fourth-order valence-corrected chi connectivity index (χ4v) is 1.95. The Kier molecular flexibility index (Phi) is 3.01. The molecule has 1 heterocycles. The van der Waals surface area contributed by atoms with Crippen molar-refractivity contribution >= 4 is 0 Å². The molecule has 0 amide bonds. The average molecular weight is 254 g/mol. The lowest BCUT2D eigenvalue weighted by Gasteiger charge is -2.29. The zero-order valence-corrected chi connectivity index (χ0v) is 11.2.